The smallest absolute Gasteiger partial charge is 0.227 e. The van der Waals surface area contributed by atoms with Crippen molar-refractivity contribution in [3.63, 3.8) is 0 Å². The Bertz CT molecular complexity index is 408. The van der Waals surface area contributed by atoms with Crippen molar-refractivity contribution >= 4 is 5.91 Å². The normalized spacial score (nSPS) is 23.7. The van der Waals surface area contributed by atoms with Crippen molar-refractivity contribution in [1.29, 1.82) is 0 Å². The largest absolute Gasteiger partial charge is 0.351 e. The molecule has 98 valence electrons. The van der Waals surface area contributed by atoms with Crippen LogP contribution >= 0.6 is 0 Å². The molecule has 1 aromatic heterocycles. The van der Waals surface area contributed by atoms with Gasteiger partial charge in [-0.3, -0.25) is 9.78 Å². The first-order valence-corrected chi connectivity index (χ1v) is 6.51. The molecule has 1 aliphatic rings. The molecule has 18 heavy (non-hydrogen) atoms. The van der Waals surface area contributed by atoms with Crippen LogP contribution in [0.2, 0.25) is 0 Å². The number of aromatic nitrogens is 1. The molecule has 1 aromatic rings. The van der Waals surface area contributed by atoms with Gasteiger partial charge in [-0.25, -0.2) is 0 Å². The Balaban J connectivity index is 1.89. The lowest BCUT2D eigenvalue weighted by molar-refractivity contribution is -0.131. The average molecular weight is 247 g/mol. The van der Waals surface area contributed by atoms with Crippen LogP contribution in [0.1, 0.15) is 31.0 Å². The van der Waals surface area contributed by atoms with Gasteiger partial charge in [0.15, 0.2) is 0 Å². The fourth-order valence-electron chi connectivity index (χ4n) is 2.25. The van der Waals surface area contributed by atoms with Gasteiger partial charge < -0.3 is 10.6 Å². The van der Waals surface area contributed by atoms with Crippen LogP contribution in [0, 0.1) is 12.3 Å². The summed E-state index contributed by atoms with van der Waals surface area (Å²) >= 11 is 0. The van der Waals surface area contributed by atoms with E-state index >= 15 is 0 Å². The number of pyridine rings is 1. The van der Waals surface area contributed by atoms with Crippen LogP contribution in [0.25, 0.3) is 0 Å². The summed E-state index contributed by atoms with van der Waals surface area (Å²) in [6.07, 6.45) is 3.84. The highest BCUT2D eigenvalue weighted by Crippen LogP contribution is 2.25. The Kier molecular flexibility index (Phi) is 3.97. The molecule has 4 nitrogen and oxygen atoms in total. The van der Waals surface area contributed by atoms with Gasteiger partial charge in [-0.2, -0.15) is 0 Å². The quantitative estimate of drug-likeness (QED) is 0.849. The molecule has 1 aliphatic heterocycles. The van der Waals surface area contributed by atoms with Crippen molar-refractivity contribution in [2.75, 3.05) is 13.1 Å². The van der Waals surface area contributed by atoms with Crippen LogP contribution in [0.15, 0.2) is 18.3 Å². The molecule has 1 unspecified atom stereocenters. The van der Waals surface area contributed by atoms with E-state index in [2.05, 4.69) is 15.6 Å². The average Bonchev–Trinajstić information content (AvgIpc) is 2.38. The van der Waals surface area contributed by atoms with Crippen LogP contribution in [0.3, 0.4) is 0 Å². The summed E-state index contributed by atoms with van der Waals surface area (Å²) in [7, 11) is 0. The predicted molar refractivity (Wildman–Crippen MR) is 71.0 cm³/mol. The van der Waals surface area contributed by atoms with Gasteiger partial charge in [-0.1, -0.05) is 6.07 Å². The van der Waals surface area contributed by atoms with Gasteiger partial charge in [-0.05, 0) is 44.9 Å². The highest BCUT2D eigenvalue weighted by atomic mass is 16.2. The second kappa shape index (κ2) is 5.48. The molecular weight excluding hydrogens is 226 g/mol. The maximum absolute atomic E-state index is 12.2. The number of amides is 1. The highest BCUT2D eigenvalue weighted by molar-refractivity contribution is 5.82. The first-order chi connectivity index (χ1) is 8.60. The lowest BCUT2D eigenvalue weighted by Gasteiger charge is -2.32. The number of piperidine rings is 1. The number of nitrogens with zero attached hydrogens (tertiary/aromatic N) is 1. The Labute approximate surface area is 108 Å². The van der Waals surface area contributed by atoms with Gasteiger partial charge in [-0.15, -0.1) is 0 Å². The van der Waals surface area contributed by atoms with Crippen LogP contribution in [0.5, 0.6) is 0 Å². The molecule has 1 atom stereocenters. The number of nitrogens with one attached hydrogen (secondary N) is 2. The number of carbonyl (C=O) groups is 1. The molecule has 4 heteroatoms. The van der Waals surface area contributed by atoms with E-state index in [-0.39, 0.29) is 11.3 Å². The minimum Gasteiger partial charge on any atom is -0.351 e. The third-order valence-electron chi connectivity index (χ3n) is 3.57. The number of carbonyl (C=O) groups excluding carboxylic acids is 1. The standard InChI is InChI=1S/C14H21N3O/c1-11-4-5-12(8-16-11)9-17-13(18)14(2)6-3-7-15-10-14/h4-5,8,15H,3,6-7,9-10H2,1-2H3,(H,17,18). The van der Waals surface area contributed by atoms with Gasteiger partial charge in [0.25, 0.3) is 0 Å². The second-order valence-electron chi connectivity index (χ2n) is 5.33. The fraction of sp³-hybridized carbons (Fsp3) is 0.571. The third kappa shape index (κ3) is 3.07. The molecule has 0 aliphatic carbocycles. The summed E-state index contributed by atoms with van der Waals surface area (Å²) in [6, 6.07) is 3.97. The van der Waals surface area contributed by atoms with Crippen molar-refractivity contribution in [2.45, 2.75) is 33.2 Å². The van der Waals surface area contributed by atoms with E-state index in [4.69, 9.17) is 0 Å². The van der Waals surface area contributed by atoms with E-state index < -0.39 is 0 Å². The van der Waals surface area contributed by atoms with Gasteiger partial charge in [0.2, 0.25) is 5.91 Å². The van der Waals surface area contributed by atoms with E-state index in [0.717, 1.165) is 37.2 Å². The highest BCUT2D eigenvalue weighted by Gasteiger charge is 2.34. The lowest BCUT2D eigenvalue weighted by atomic mass is 9.82. The Hall–Kier alpha value is -1.42. The molecule has 2 rings (SSSR count). The van der Waals surface area contributed by atoms with Gasteiger partial charge in [0.1, 0.15) is 0 Å². The number of hydrogen-bond donors (Lipinski definition) is 2. The van der Waals surface area contributed by atoms with Crippen LogP contribution < -0.4 is 10.6 Å². The molecule has 0 spiro atoms. The Morgan fingerprint density at radius 2 is 2.39 bits per heavy atom. The van der Waals surface area contributed by atoms with Crippen LogP contribution in [-0.4, -0.2) is 24.0 Å². The zero-order chi connectivity index (χ0) is 13.0. The molecule has 2 N–H and O–H groups in total. The van der Waals surface area contributed by atoms with Gasteiger partial charge >= 0.3 is 0 Å². The predicted octanol–water partition coefficient (Wildman–Crippen LogP) is 1.40. The first-order valence-electron chi connectivity index (χ1n) is 6.51. The maximum Gasteiger partial charge on any atom is 0.227 e. The van der Waals surface area contributed by atoms with Crippen LogP contribution in [-0.2, 0) is 11.3 Å². The molecular formula is C14H21N3O. The maximum atomic E-state index is 12.2. The first kappa shape index (κ1) is 13.0. The van der Waals surface area contributed by atoms with Gasteiger partial charge in [0, 0.05) is 25.0 Å². The minimum absolute atomic E-state index is 0.135. The zero-order valence-electron chi connectivity index (χ0n) is 11.1. The number of hydrogen-bond acceptors (Lipinski definition) is 3. The summed E-state index contributed by atoms with van der Waals surface area (Å²) in [4.78, 5) is 16.4. The SMILES string of the molecule is Cc1ccc(CNC(=O)C2(C)CCCNC2)cn1. The molecule has 2 heterocycles. The Morgan fingerprint density at radius 3 is 3.00 bits per heavy atom. The zero-order valence-corrected chi connectivity index (χ0v) is 11.1. The van der Waals surface area contributed by atoms with Crippen molar-refractivity contribution in [2.24, 2.45) is 5.41 Å². The Morgan fingerprint density at radius 1 is 1.56 bits per heavy atom. The summed E-state index contributed by atoms with van der Waals surface area (Å²) in [6.45, 7) is 6.33. The molecule has 1 saturated heterocycles. The monoisotopic (exact) mass is 247 g/mol. The van der Waals surface area contributed by atoms with Crippen molar-refractivity contribution in [3.05, 3.63) is 29.6 Å². The van der Waals surface area contributed by atoms with Gasteiger partial charge in [0.05, 0.1) is 5.41 Å². The van der Waals surface area contributed by atoms with E-state index in [1.165, 1.54) is 0 Å². The molecule has 0 aromatic carbocycles. The van der Waals surface area contributed by atoms with Crippen LogP contribution in [0.4, 0.5) is 0 Å². The molecule has 0 bridgehead atoms. The summed E-state index contributed by atoms with van der Waals surface area (Å²) < 4.78 is 0. The summed E-state index contributed by atoms with van der Waals surface area (Å²) in [5, 5.41) is 6.30. The van der Waals surface area contributed by atoms with Crippen molar-refractivity contribution < 1.29 is 4.79 Å². The number of rotatable bonds is 3. The topological polar surface area (TPSA) is 54.0 Å². The molecule has 0 saturated carbocycles. The van der Waals surface area contributed by atoms with E-state index in [0.29, 0.717) is 6.54 Å². The molecule has 0 radical (unpaired) electrons. The van der Waals surface area contributed by atoms with Crippen molar-refractivity contribution in [3.8, 4) is 0 Å². The van der Waals surface area contributed by atoms with E-state index in [1.54, 1.807) is 0 Å². The fourth-order valence-corrected chi connectivity index (χ4v) is 2.25. The van der Waals surface area contributed by atoms with Crippen molar-refractivity contribution in [1.82, 2.24) is 15.6 Å². The van der Waals surface area contributed by atoms with E-state index in [1.807, 2.05) is 32.2 Å². The molecule has 1 amide bonds. The lowest BCUT2D eigenvalue weighted by Crippen LogP contribution is -2.48. The number of aryl methyl sites for hydroxylation is 1. The third-order valence-corrected chi connectivity index (χ3v) is 3.57. The summed E-state index contributed by atoms with van der Waals surface area (Å²) in [5.41, 5.74) is 1.77. The minimum atomic E-state index is -0.267. The van der Waals surface area contributed by atoms with E-state index in [9.17, 15) is 4.79 Å². The summed E-state index contributed by atoms with van der Waals surface area (Å²) in [5.74, 6) is 0.135. The molecule has 1 fully saturated rings. The second-order valence-corrected chi connectivity index (χ2v) is 5.33.